The number of amides is 2. The van der Waals surface area contributed by atoms with Crippen molar-refractivity contribution in [1.82, 2.24) is 9.88 Å². The highest BCUT2D eigenvalue weighted by Gasteiger charge is 2.29. The van der Waals surface area contributed by atoms with Gasteiger partial charge in [-0.2, -0.15) is 0 Å². The van der Waals surface area contributed by atoms with Crippen molar-refractivity contribution in [3.8, 4) is 0 Å². The Morgan fingerprint density at radius 3 is 2.74 bits per heavy atom. The number of aromatic nitrogens is 1. The van der Waals surface area contributed by atoms with Crippen molar-refractivity contribution < 1.29 is 9.59 Å². The second-order valence-electron chi connectivity index (χ2n) is 6.87. The summed E-state index contributed by atoms with van der Waals surface area (Å²) in [7, 11) is 0. The first-order valence-corrected chi connectivity index (χ1v) is 9.41. The summed E-state index contributed by atoms with van der Waals surface area (Å²) in [5.74, 6) is -0.299. The molecule has 6 heteroatoms. The summed E-state index contributed by atoms with van der Waals surface area (Å²) in [5.41, 5.74) is 2.37. The Labute approximate surface area is 162 Å². The van der Waals surface area contributed by atoms with Gasteiger partial charge in [0.25, 0.3) is 5.91 Å². The third-order valence-electron chi connectivity index (χ3n) is 4.99. The Balaban J connectivity index is 1.44. The van der Waals surface area contributed by atoms with Gasteiger partial charge in [-0.15, -0.1) is 0 Å². The summed E-state index contributed by atoms with van der Waals surface area (Å²) in [6, 6.07) is 14.6. The van der Waals surface area contributed by atoms with Gasteiger partial charge >= 0.3 is 0 Å². The van der Waals surface area contributed by atoms with E-state index in [-0.39, 0.29) is 17.7 Å². The van der Waals surface area contributed by atoms with E-state index in [2.05, 4.69) is 10.3 Å². The lowest BCUT2D eigenvalue weighted by Gasteiger charge is -2.32. The number of hydrogen-bond acceptors (Lipinski definition) is 2. The number of aromatic amines is 1. The summed E-state index contributed by atoms with van der Waals surface area (Å²) in [5, 5.41) is 4.55. The Kier molecular flexibility index (Phi) is 4.86. The minimum Gasteiger partial charge on any atom is -0.361 e. The fourth-order valence-electron chi connectivity index (χ4n) is 3.52. The summed E-state index contributed by atoms with van der Waals surface area (Å²) in [4.78, 5) is 30.4. The van der Waals surface area contributed by atoms with Crippen molar-refractivity contribution in [2.75, 3.05) is 18.4 Å². The van der Waals surface area contributed by atoms with E-state index in [9.17, 15) is 9.59 Å². The number of benzene rings is 2. The number of H-pyrrole nitrogens is 1. The smallest absolute Gasteiger partial charge is 0.253 e. The molecule has 1 saturated heterocycles. The van der Waals surface area contributed by atoms with Crippen LogP contribution in [0.5, 0.6) is 0 Å². The zero-order valence-corrected chi connectivity index (χ0v) is 15.5. The molecule has 0 radical (unpaired) electrons. The number of fused-ring (bicyclic) bond motifs is 1. The van der Waals surface area contributed by atoms with E-state index in [0.717, 1.165) is 23.7 Å². The molecule has 0 unspecified atom stereocenters. The van der Waals surface area contributed by atoms with Gasteiger partial charge in [-0.1, -0.05) is 11.6 Å². The second kappa shape index (κ2) is 7.45. The highest BCUT2D eigenvalue weighted by molar-refractivity contribution is 6.30. The molecule has 1 atom stereocenters. The molecule has 2 N–H and O–H groups in total. The van der Waals surface area contributed by atoms with Crippen molar-refractivity contribution in [3.63, 3.8) is 0 Å². The molecule has 1 fully saturated rings. The van der Waals surface area contributed by atoms with Gasteiger partial charge in [-0.3, -0.25) is 9.59 Å². The van der Waals surface area contributed by atoms with Crippen molar-refractivity contribution in [2.24, 2.45) is 5.92 Å². The molecule has 1 aliphatic heterocycles. The van der Waals surface area contributed by atoms with E-state index >= 15 is 0 Å². The van der Waals surface area contributed by atoms with Gasteiger partial charge in [0.1, 0.15) is 0 Å². The average Bonchev–Trinajstić information content (AvgIpc) is 3.17. The minimum atomic E-state index is -0.214. The lowest BCUT2D eigenvalue weighted by atomic mass is 9.96. The van der Waals surface area contributed by atoms with Gasteiger partial charge in [0.15, 0.2) is 0 Å². The van der Waals surface area contributed by atoms with E-state index in [4.69, 9.17) is 11.6 Å². The average molecular weight is 382 g/mol. The van der Waals surface area contributed by atoms with Crippen LogP contribution < -0.4 is 5.32 Å². The predicted molar refractivity (Wildman–Crippen MR) is 107 cm³/mol. The maximum absolute atomic E-state index is 12.9. The van der Waals surface area contributed by atoms with Gasteiger partial charge in [0, 0.05) is 46.5 Å². The molecule has 2 aromatic carbocycles. The molecule has 0 saturated carbocycles. The number of nitrogens with zero attached hydrogens (tertiary/aromatic N) is 1. The topological polar surface area (TPSA) is 65.2 Å². The molecule has 2 heterocycles. The van der Waals surface area contributed by atoms with Crippen LogP contribution in [-0.2, 0) is 4.79 Å². The van der Waals surface area contributed by atoms with Crippen LogP contribution >= 0.6 is 11.6 Å². The van der Waals surface area contributed by atoms with Crippen molar-refractivity contribution >= 4 is 40.0 Å². The third kappa shape index (κ3) is 3.83. The van der Waals surface area contributed by atoms with Crippen LogP contribution in [0, 0.1) is 5.92 Å². The summed E-state index contributed by atoms with van der Waals surface area (Å²) in [6.07, 6.45) is 3.45. The second-order valence-corrected chi connectivity index (χ2v) is 7.30. The molecule has 1 aliphatic rings. The monoisotopic (exact) mass is 381 g/mol. The van der Waals surface area contributed by atoms with Gasteiger partial charge in [-0.25, -0.2) is 0 Å². The number of carbonyl (C=O) groups is 2. The number of carbonyl (C=O) groups excluding carboxylic acids is 2. The van der Waals surface area contributed by atoms with Gasteiger partial charge < -0.3 is 15.2 Å². The first-order valence-electron chi connectivity index (χ1n) is 9.03. The highest BCUT2D eigenvalue weighted by Crippen LogP contribution is 2.22. The molecule has 3 aromatic rings. The fourth-order valence-corrected chi connectivity index (χ4v) is 3.65. The van der Waals surface area contributed by atoms with E-state index in [1.54, 1.807) is 29.2 Å². The number of halogens is 1. The number of nitrogens with one attached hydrogen (secondary N) is 2. The van der Waals surface area contributed by atoms with Gasteiger partial charge in [0.05, 0.1) is 5.92 Å². The maximum atomic E-state index is 12.9. The summed E-state index contributed by atoms with van der Waals surface area (Å²) >= 11 is 5.88. The van der Waals surface area contributed by atoms with Crippen molar-refractivity contribution in [3.05, 3.63) is 65.3 Å². The van der Waals surface area contributed by atoms with E-state index < -0.39 is 0 Å². The molecular formula is C21H20ClN3O2. The van der Waals surface area contributed by atoms with Crippen LogP contribution in [-0.4, -0.2) is 34.8 Å². The normalized spacial score (nSPS) is 17.1. The molecule has 138 valence electrons. The lowest BCUT2D eigenvalue weighted by Crippen LogP contribution is -2.43. The van der Waals surface area contributed by atoms with Gasteiger partial charge in [0.2, 0.25) is 5.91 Å². The Bertz CT molecular complexity index is 981. The number of likely N-dealkylation sites (tertiary alicyclic amines) is 1. The molecule has 4 rings (SSSR count). The van der Waals surface area contributed by atoms with E-state index in [1.165, 1.54) is 0 Å². The van der Waals surface area contributed by atoms with Crippen molar-refractivity contribution in [2.45, 2.75) is 12.8 Å². The lowest BCUT2D eigenvalue weighted by molar-refractivity contribution is -0.121. The van der Waals surface area contributed by atoms with Crippen LogP contribution in [0.2, 0.25) is 5.02 Å². The predicted octanol–water partition coefficient (Wildman–Crippen LogP) is 4.31. The summed E-state index contributed by atoms with van der Waals surface area (Å²) in [6.45, 7) is 1.11. The number of rotatable bonds is 3. The largest absolute Gasteiger partial charge is 0.361 e. The first kappa shape index (κ1) is 17.6. The third-order valence-corrected chi connectivity index (χ3v) is 5.24. The van der Waals surface area contributed by atoms with Gasteiger partial charge in [-0.05, 0) is 61.4 Å². The SMILES string of the molecule is O=C(Nc1ccc(Cl)cc1)[C@@H]1CCCN(C(=O)c2ccc3[nH]ccc3c2)C1. The van der Waals surface area contributed by atoms with E-state index in [1.807, 2.05) is 30.5 Å². The van der Waals surface area contributed by atoms with Crippen LogP contribution in [0.25, 0.3) is 10.9 Å². The van der Waals surface area contributed by atoms with Crippen molar-refractivity contribution in [1.29, 1.82) is 0 Å². The Morgan fingerprint density at radius 1 is 1.11 bits per heavy atom. The number of piperidine rings is 1. The van der Waals surface area contributed by atoms with Crippen LogP contribution in [0.15, 0.2) is 54.7 Å². The quantitative estimate of drug-likeness (QED) is 0.709. The van der Waals surface area contributed by atoms with Crippen LogP contribution in [0.3, 0.4) is 0 Å². The number of anilines is 1. The number of hydrogen-bond donors (Lipinski definition) is 2. The fraction of sp³-hybridized carbons (Fsp3) is 0.238. The maximum Gasteiger partial charge on any atom is 0.253 e. The molecule has 1 aromatic heterocycles. The molecule has 27 heavy (non-hydrogen) atoms. The molecular weight excluding hydrogens is 362 g/mol. The minimum absolute atomic E-state index is 0.0258. The van der Waals surface area contributed by atoms with E-state index in [0.29, 0.717) is 29.4 Å². The first-order chi connectivity index (χ1) is 13.1. The standard InChI is InChI=1S/C21H20ClN3O2/c22-17-4-6-18(7-5-17)24-20(26)16-2-1-11-25(13-16)21(27)15-3-8-19-14(12-15)9-10-23-19/h3-10,12,16,23H,1-2,11,13H2,(H,24,26)/t16-/m1/s1. The van der Waals surface area contributed by atoms with Crippen LogP contribution in [0.1, 0.15) is 23.2 Å². The molecule has 2 amide bonds. The zero-order chi connectivity index (χ0) is 18.8. The molecule has 0 spiro atoms. The summed E-state index contributed by atoms with van der Waals surface area (Å²) < 4.78 is 0. The Morgan fingerprint density at radius 2 is 1.93 bits per heavy atom. The Hall–Kier alpha value is -2.79. The molecule has 0 aliphatic carbocycles. The molecule has 5 nitrogen and oxygen atoms in total. The zero-order valence-electron chi connectivity index (χ0n) is 14.7. The van der Waals surface area contributed by atoms with Crippen LogP contribution in [0.4, 0.5) is 5.69 Å². The highest BCUT2D eigenvalue weighted by atomic mass is 35.5. The molecule has 0 bridgehead atoms.